The molecule has 2 aromatic carbocycles. The van der Waals surface area contributed by atoms with Gasteiger partial charge in [0.05, 0.1) is 16.7 Å². The lowest BCUT2D eigenvalue weighted by atomic mass is 9.86. The Labute approximate surface area is 267 Å². The zero-order chi connectivity index (χ0) is 32.7. The lowest BCUT2D eigenvalue weighted by molar-refractivity contribution is 0.469. The Morgan fingerprint density at radius 1 is 0.826 bits per heavy atom. The Balaban J connectivity index is 1.23. The van der Waals surface area contributed by atoms with Crippen molar-refractivity contribution in [2.24, 2.45) is 0 Å². The first-order valence-corrected chi connectivity index (χ1v) is 16.8. The van der Waals surface area contributed by atoms with Crippen molar-refractivity contribution >= 4 is 44.3 Å². The first kappa shape index (κ1) is 30.8. The lowest BCUT2D eigenvalue weighted by Crippen LogP contribution is -2.54. The van der Waals surface area contributed by atoms with Crippen molar-refractivity contribution in [1.82, 2.24) is 9.97 Å². The third kappa shape index (κ3) is 6.05. The maximum absolute atomic E-state index is 11.9. The van der Waals surface area contributed by atoms with E-state index >= 15 is 0 Å². The molecule has 12 nitrogen and oxygen atoms in total. The van der Waals surface area contributed by atoms with Crippen LogP contribution < -0.4 is 21.3 Å². The van der Waals surface area contributed by atoms with Gasteiger partial charge in [0.25, 0.3) is 0 Å². The smallest absolute Gasteiger partial charge is 0.153 e. The summed E-state index contributed by atoms with van der Waals surface area (Å²) < 4.78 is 23.7. The van der Waals surface area contributed by atoms with Gasteiger partial charge in [0, 0.05) is 84.4 Å². The predicted octanol–water partition coefficient (Wildman–Crippen LogP) is 3.50. The molecule has 2 saturated heterocycles. The van der Waals surface area contributed by atoms with Gasteiger partial charge in [0.15, 0.2) is 9.84 Å². The number of nitrogens with one attached hydrogen (secondary N) is 2. The third-order valence-corrected chi connectivity index (χ3v) is 10.3. The van der Waals surface area contributed by atoms with Gasteiger partial charge in [-0.1, -0.05) is 0 Å². The van der Waals surface area contributed by atoms with E-state index in [4.69, 9.17) is 22.3 Å². The van der Waals surface area contributed by atoms with Crippen LogP contribution in [-0.4, -0.2) is 77.7 Å². The summed E-state index contributed by atoms with van der Waals surface area (Å²) in [5, 5.41) is 38.0. The topological polar surface area (TPSA) is 207 Å². The molecule has 13 heteroatoms. The van der Waals surface area contributed by atoms with Crippen molar-refractivity contribution in [3.63, 3.8) is 0 Å². The number of sulfone groups is 1. The number of anilines is 4. The molecule has 2 fully saturated rings. The molecule has 238 valence electrons. The second kappa shape index (κ2) is 12.0. The van der Waals surface area contributed by atoms with Crippen LogP contribution in [-0.2, 0) is 9.84 Å². The Morgan fingerprint density at radius 3 is 2.09 bits per heavy atom. The number of phenols is 2. The van der Waals surface area contributed by atoms with Gasteiger partial charge in [-0.25, -0.2) is 18.4 Å². The first-order chi connectivity index (χ1) is 21.9. The van der Waals surface area contributed by atoms with Crippen LogP contribution >= 0.6 is 0 Å². The molecule has 0 radical (unpaired) electrons. The van der Waals surface area contributed by atoms with Gasteiger partial charge in [-0.05, 0) is 73.0 Å². The fraction of sp³-hybridized carbons (Fsp3) is 0.273. The van der Waals surface area contributed by atoms with Crippen molar-refractivity contribution < 1.29 is 18.6 Å². The number of phenolic OH excluding ortho intramolecular Hbond substituents is 2. The van der Waals surface area contributed by atoms with E-state index in [1.54, 1.807) is 42.7 Å². The van der Waals surface area contributed by atoms with Crippen LogP contribution in [0.3, 0.4) is 0 Å². The number of benzene rings is 2. The summed E-state index contributed by atoms with van der Waals surface area (Å²) in [7, 11) is -3.13. The number of rotatable bonds is 8. The quantitative estimate of drug-likeness (QED) is 0.0939. The van der Waals surface area contributed by atoms with Gasteiger partial charge >= 0.3 is 0 Å². The van der Waals surface area contributed by atoms with Crippen LogP contribution in [0.25, 0.3) is 0 Å². The molecule has 1 unspecified atom stereocenters. The van der Waals surface area contributed by atoms with Crippen molar-refractivity contribution in [3.05, 3.63) is 94.8 Å². The van der Waals surface area contributed by atoms with Crippen LogP contribution in [0.4, 0.5) is 23.0 Å². The second-order valence-corrected chi connectivity index (χ2v) is 14.3. The Hall–Kier alpha value is -5.17. The van der Waals surface area contributed by atoms with Gasteiger partial charge in [-0.3, -0.25) is 10.8 Å². The summed E-state index contributed by atoms with van der Waals surface area (Å²) in [6.07, 6.45) is 6.13. The van der Waals surface area contributed by atoms with E-state index in [0.717, 1.165) is 24.9 Å². The standard InChI is InChI=1S/C33H36N8O4S/c1-46(44,45)24-17-41(18-24)30-12-20(7-9-39-30)32(36)27-15-23(43)14-25(33(27)37)21-3-2-10-40(16-21)29-11-19(6-8-38-29)31(35)26-13-22(42)4-5-28(26)34/h4-9,11-15,21,24,35-36,42-43H,2-3,10,16-18,34,37H2,1H3. The first-order valence-electron chi connectivity index (χ1n) is 14.9. The minimum Gasteiger partial charge on any atom is -0.508 e. The molecule has 46 heavy (non-hydrogen) atoms. The fourth-order valence-corrected chi connectivity index (χ4v) is 7.01. The van der Waals surface area contributed by atoms with Gasteiger partial charge < -0.3 is 31.5 Å². The third-order valence-electron chi connectivity index (χ3n) is 8.80. The van der Waals surface area contributed by atoms with E-state index in [1.807, 2.05) is 11.0 Å². The summed E-state index contributed by atoms with van der Waals surface area (Å²) in [6, 6.07) is 14.7. The lowest BCUT2D eigenvalue weighted by Gasteiger charge is -2.38. The molecular formula is C33H36N8O4S. The molecular weight excluding hydrogens is 604 g/mol. The molecule has 2 aliphatic rings. The number of nitrogens with two attached hydrogens (primary N) is 2. The highest BCUT2D eigenvalue weighted by atomic mass is 32.2. The number of aromatic hydroxyl groups is 2. The highest BCUT2D eigenvalue weighted by molar-refractivity contribution is 7.91. The predicted molar refractivity (Wildman–Crippen MR) is 180 cm³/mol. The average molecular weight is 641 g/mol. The van der Waals surface area contributed by atoms with E-state index in [0.29, 0.717) is 64.9 Å². The van der Waals surface area contributed by atoms with Crippen LogP contribution in [0.15, 0.2) is 67.0 Å². The molecule has 4 heterocycles. The maximum Gasteiger partial charge on any atom is 0.153 e. The molecule has 2 aromatic heterocycles. The SMILES string of the molecule is CS(=O)(=O)C1CN(c2cc(C(=N)c3cc(O)cc(C4CCCN(c5cc(C(=N)c6cc(O)ccc6N)ccn5)C4)c3N)ccn2)C1. The minimum atomic E-state index is -3.13. The molecule has 6 rings (SSSR count). The van der Waals surface area contributed by atoms with Crippen molar-refractivity contribution in [3.8, 4) is 11.5 Å². The van der Waals surface area contributed by atoms with Gasteiger partial charge in [-0.2, -0.15) is 0 Å². The monoisotopic (exact) mass is 640 g/mol. The zero-order valence-electron chi connectivity index (χ0n) is 25.3. The number of nitrogen functional groups attached to an aromatic ring is 2. The summed E-state index contributed by atoms with van der Waals surface area (Å²) in [5.74, 6) is 1.25. The van der Waals surface area contributed by atoms with E-state index < -0.39 is 15.1 Å². The van der Waals surface area contributed by atoms with E-state index in [1.165, 1.54) is 24.5 Å². The largest absolute Gasteiger partial charge is 0.508 e. The Kier molecular flexibility index (Phi) is 8.03. The second-order valence-electron chi connectivity index (χ2n) is 12.0. The molecule has 1 atom stereocenters. The van der Waals surface area contributed by atoms with Gasteiger partial charge in [0.2, 0.25) is 0 Å². The number of hydrogen-bond acceptors (Lipinski definition) is 12. The van der Waals surface area contributed by atoms with Crippen molar-refractivity contribution in [2.75, 3.05) is 53.7 Å². The van der Waals surface area contributed by atoms with E-state index in [9.17, 15) is 18.6 Å². The molecule has 0 bridgehead atoms. The molecule has 8 N–H and O–H groups in total. The van der Waals surface area contributed by atoms with Crippen molar-refractivity contribution in [1.29, 1.82) is 10.8 Å². The van der Waals surface area contributed by atoms with Crippen LogP contribution in [0, 0.1) is 10.8 Å². The molecule has 0 spiro atoms. The van der Waals surface area contributed by atoms with Crippen LogP contribution in [0.1, 0.15) is 46.6 Å². The van der Waals surface area contributed by atoms with Crippen molar-refractivity contribution in [2.45, 2.75) is 24.0 Å². The molecule has 2 aliphatic heterocycles. The summed E-state index contributed by atoms with van der Waals surface area (Å²) in [6.45, 7) is 2.00. The summed E-state index contributed by atoms with van der Waals surface area (Å²) >= 11 is 0. The molecule has 4 aromatic rings. The number of pyridine rings is 2. The minimum absolute atomic E-state index is 0.00589. The number of piperidine rings is 1. The van der Waals surface area contributed by atoms with Crippen LogP contribution in [0.2, 0.25) is 0 Å². The summed E-state index contributed by atoms with van der Waals surface area (Å²) in [5.41, 5.74) is 16.7. The highest BCUT2D eigenvalue weighted by Gasteiger charge is 2.35. The average Bonchev–Trinajstić information content (AvgIpc) is 3.01. The van der Waals surface area contributed by atoms with E-state index in [-0.39, 0.29) is 28.8 Å². The number of aromatic nitrogens is 2. The fourth-order valence-electron chi connectivity index (χ4n) is 6.11. The molecule has 0 aliphatic carbocycles. The zero-order valence-corrected chi connectivity index (χ0v) is 26.1. The van der Waals surface area contributed by atoms with Gasteiger partial charge in [0.1, 0.15) is 23.1 Å². The normalized spacial score (nSPS) is 17.0. The van der Waals surface area contributed by atoms with Crippen LogP contribution in [0.5, 0.6) is 11.5 Å². The highest BCUT2D eigenvalue weighted by Crippen LogP contribution is 2.37. The molecule has 0 amide bonds. The number of hydrogen-bond donors (Lipinski definition) is 6. The summed E-state index contributed by atoms with van der Waals surface area (Å²) in [4.78, 5) is 12.9. The Morgan fingerprint density at radius 2 is 1.43 bits per heavy atom. The maximum atomic E-state index is 11.9. The van der Waals surface area contributed by atoms with Gasteiger partial charge in [-0.15, -0.1) is 0 Å². The van der Waals surface area contributed by atoms with E-state index in [2.05, 4.69) is 14.9 Å². The number of nitrogens with zero attached hydrogens (tertiary/aromatic N) is 4. The Bertz CT molecular complexity index is 1960. The molecule has 0 saturated carbocycles.